The van der Waals surface area contributed by atoms with E-state index in [9.17, 15) is 4.79 Å². The van der Waals surface area contributed by atoms with Gasteiger partial charge in [-0.1, -0.05) is 17.7 Å². The maximum Gasteiger partial charge on any atom is 0.238 e. The van der Waals surface area contributed by atoms with Crippen molar-refractivity contribution in [3.8, 4) is 0 Å². The van der Waals surface area contributed by atoms with Crippen LogP contribution in [-0.4, -0.2) is 43.5 Å². The summed E-state index contributed by atoms with van der Waals surface area (Å²) < 4.78 is 0. The van der Waals surface area contributed by atoms with Gasteiger partial charge in [-0.15, -0.1) is 12.4 Å². The van der Waals surface area contributed by atoms with Gasteiger partial charge in [0.2, 0.25) is 5.91 Å². The number of carbonyl (C=O) groups is 1. The molecule has 0 spiro atoms. The largest absolute Gasteiger partial charge is 0.324 e. The SMILES string of the molecule is CNC1CCN(CC(=O)Nc2c(C)cc(C)cc2C)C1.Cl. The number of hydrogen-bond donors (Lipinski definition) is 2. The van der Waals surface area contributed by atoms with E-state index in [1.807, 2.05) is 20.9 Å². The van der Waals surface area contributed by atoms with Crippen LogP contribution in [0.3, 0.4) is 0 Å². The van der Waals surface area contributed by atoms with E-state index in [2.05, 4.69) is 34.6 Å². The fraction of sp³-hybridized carbons (Fsp3) is 0.562. The molecule has 0 aliphatic carbocycles. The second-order valence-corrected chi connectivity index (χ2v) is 5.83. The lowest BCUT2D eigenvalue weighted by molar-refractivity contribution is -0.117. The Hall–Kier alpha value is -1.10. The van der Waals surface area contributed by atoms with Crippen molar-refractivity contribution < 1.29 is 4.79 Å². The van der Waals surface area contributed by atoms with Crippen molar-refractivity contribution in [2.24, 2.45) is 0 Å². The normalized spacial score (nSPS) is 18.4. The predicted molar refractivity (Wildman–Crippen MR) is 90.4 cm³/mol. The van der Waals surface area contributed by atoms with Crippen molar-refractivity contribution in [2.75, 3.05) is 32.0 Å². The number of nitrogens with zero attached hydrogens (tertiary/aromatic N) is 1. The number of rotatable bonds is 4. The van der Waals surface area contributed by atoms with E-state index < -0.39 is 0 Å². The van der Waals surface area contributed by atoms with Gasteiger partial charge in [-0.2, -0.15) is 0 Å². The standard InChI is InChI=1S/C16H25N3O.ClH/c1-11-7-12(2)16(13(3)8-11)18-15(20)10-19-6-5-14(9-19)17-4;/h7-8,14,17H,5-6,9-10H2,1-4H3,(H,18,20);1H. The molecule has 1 saturated heterocycles. The molecule has 21 heavy (non-hydrogen) atoms. The van der Waals surface area contributed by atoms with Crippen LogP contribution in [0.2, 0.25) is 0 Å². The van der Waals surface area contributed by atoms with Crippen LogP contribution in [0.4, 0.5) is 5.69 Å². The summed E-state index contributed by atoms with van der Waals surface area (Å²) in [5.41, 5.74) is 4.45. The number of amides is 1. The number of halogens is 1. The number of benzene rings is 1. The summed E-state index contributed by atoms with van der Waals surface area (Å²) in [5, 5.41) is 6.33. The molecule has 2 N–H and O–H groups in total. The van der Waals surface area contributed by atoms with Gasteiger partial charge in [0.05, 0.1) is 6.54 Å². The smallest absolute Gasteiger partial charge is 0.238 e. The second-order valence-electron chi connectivity index (χ2n) is 5.83. The van der Waals surface area contributed by atoms with Gasteiger partial charge in [-0.05, 0) is 45.4 Å². The van der Waals surface area contributed by atoms with Crippen LogP contribution in [0.15, 0.2) is 12.1 Å². The minimum atomic E-state index is 0. The maximum absolute atomic E-state index is 12.2. The highest BCUT2D eigenvalue weighted by atomic mass is 35.5. The summed E-state index contributed by atoms with van der Waals surface area (Å²) in [6, 6.07) is 4.73. The molecule has 1 amide bonds. The monoisotopic (exact) mass is 311 g/mol. The van der Waals surface area contributed by atoms with Gasteiger partial charge in [-0.25, -0.2) is 0 Å². The van der Waals surface area contributed by atoms with Crippen LogP contribution in [0.25, 0.3) is 0 Å². The Balaban J connectivity index is 0.00000220. The summed E-state index contributed by atoms with van der Waals surface area (Å²) in [6.07, 6.45) is 1.12. The number of likely N-dealkylation sites (N-methyl/N-ethyl adjacent to an activating group) is 1. The molecule has 1 fully saturated rings. The van der Waals surface area contributed by atoms with Gasteiger partial charge in [0.15, 0.2) is 0 Å². The lowest BCUT2D eigenvalue weighted by Gasteiger charge is -2.17. The van der Waals surface area contributed by atoms with Crippen molar-refractivity contribution in [2.45, 2.75) is 33.2 Å². The first-order valence-corrected chi connectivity index (χ1v) is 7.27. The van der Waals surface area contributed by atoms with E-state index in [0.717, 1.165) is 36.3 Å². The zero-order valence-corrected chi connectivity index (χ0v) is 14.1. The Labute approximate surface area is 133 Å². The molecule has 1 aliphatic heterocycles. The van der Waals surface area contributed by atoms with E-state index >= 15 is 0 Å². The van der Waals surface area contributed by atoms with Crippen LogP contribution in [0, 0.1) is 20.8 Å². The highest BCUT2D eigenvalue weighted by Crippen LogP contribution is 2.22. The highest BCUT2D eigenvalue weighted by Gasteiger charge is 2.22. The number of nitrogens with one attached hydrogen (secondary N) is 2. The molecule has 0 aromatic heterocycles. The molecule has 118 valence electrons. The minimum absolute atomic E-state index is 0. The van der Waals surface area contributed by atoms with Gasteiger partial charge in [0, 0.05) is 24.8 Å². The summed E-state index contributed by atoms with van der Waals surface area (Å²) >= 11 is 0. The molecule has 1 aliphatic rings. The maximum atomic E-state index is 12.2. The van der Waals surface area contributed by atoms with Crippen molar-refractivity contribution in [1.29, 1.82) is 0 Å². The fourth-order valence-corrected chi connectivity index (χ4v) is 2.97. The molecule has 1 heterocycles. The number of carbonyl (C=O) groups excluding carboxylic acids is 1. The fourth-order valence-electron chi connectivity index (χ4n) is 2.97. The van der Waals surface area contributed by atoms with Gasteiger partial charge in [0.1, 0.15) is 0 Å². The summed E-state index contributed by atoms with van der Waals surface area (Å²) in [4.78, 5) is 14.4. The van der Waals surface area contributed by atoms with Crippen LogP contribution in [-0.2, 0) is 4.79 Å². The van der Waals surface area contributed by atoms with Crippen molar-refractivity contribution in [3.05, 3.63) is 28.8 Å². The van der Waals surface area contributed by atoms with E-state index in [1.165, 1.54) is 5.56 Å². The molecule has 1 aromatic carbocycles. The molecule has 1 atom stereocenters. The summed E-state index contributed by atoms with van der Waals surface area (Å²) in [7, 11) is 1.98. The average Bonchev–Trinajstić information content (AvgIpc) is 2.81. The number of likely N-dealkylation sites (tertiary alicyclic amines) is 1. The Kier molecular flexibility index (Phi) is 6.65. The Bertz CT molecular complexity index is 481. The molecule has 4 nitrogen and oxygen atoms in total. The van der Waals surface area contributed by atoms with Crippen molar-refractivity contribution in [1.82, 2.24) is 10.2 Å². The van der Waals surface area contributed by atoms with Crippen molar-refractivity contribution >= 4 is 24.0 Å². The lowest BCUT2D eigenvalue weighted by Crippen LogP contribution is -2.35. The Morgan fingerprint density at radius 1 is 1.29 bits per heavy atom. The van der Waals surface area contributed by atoms with Gasteiger partial charge < -0.3 is 10.6 Å². The van der Waals surface area contributed by atoms with Gasteiger partial charge >= 0.3 is 0 Å². The minimum Gasteiger partial charge on any atom is -0.324 e. The first-order chi connectivity index (χ1) is 9.49. The van der Waals surface area contributed by atoms with Crippen molar-refractivity contribution in [3.63, 3.8) is 0 Å². The first-order valence-electron chi connectivity index (χ1n) is 7.27. The second kappa shape index (κ2) is 7.78. The zero-order valence-electron chi connectivity index (χ0n) is 13.3. The molecular weight excluding hydrogens is 286 g/mol. The van der Waals surface area contributed by atoms with E-state index in [4.69, 9.17) is 0 Å². The molecule has 5 heteroatoms. The number of aryl methyl sites for hydroxylation is 3. The third kappa shape index (κ3) is 4.70. The third-order valence-corrected chi connectivity index (χ3v) is 3.99. The Morgan fingerprint density at radius 2 is 1.90 bits per heavy atom. The molecule has 2 rings (SSSR count). The first kappa shape index (κ1) is 18.0. The predicted octanol–water partition coefficient (Wildman–Crippen LogP) is 2.27. The lowest BCUT2D eigenvalue weighted by atomic mass is 10.1. The van der Waals surface area contributed by atoms with Gasteiger partial charge in [0.25, 0.3) is 0 Å². The van der Waals surface area contributed by atoms with Gasteiger partial charge in [-0.3, -0.25) is 9.69 Å². The number of anilines is 1. The van der Waals surface area contributed by atoms with E-state index in [-0.39, 0.29) is 18.3 Å². The molecule has 0 radical (unpaired) electrons. The summed E-state index contributed by atoms with van der Waals surface area (Å²) in [6.45, 7) is 8.59. The molecule has 1 aromatic rings. The molecule has 0 bridgehead atoms. The topological polar surface area (TPSA) is 44.4 Å². The average molecular weight is 312 g/mol. The third-order valence-electron chi connectivity index (χ3n) is 3.99. The summed E-state index contributed by atoms with van der Waals surface area (Å²) in [5.74, 6) is 0.0804. The van der Waals surface area contributed by atoms with E-state index in [1.54, 1.807) is 0 Å². The molecule has 0 saturated carbocycles. The zero-order chi connectivity index (χ0) is 14.7. The van der Waals surface area contributed by atoms with Crippen LogP contribution in [0.5, 0.6) is 0 Å². The van der Waals surface area contributed by atoms with Crippen LogP contribution >= 0.6 is 12.4 Å². The molecule has 1 unspecified atom stereocenters. The van der Waals surface area contributed by atoms with Crippen LogP contribution < -0.4 is 10.6 Å². The molecular formula is C16H26ClN3O. The van der Waals surface area contributed by atoms with E-state index in [0.29, 0.717) is 12.6 Å². The quantitative estimate of drug-likeness (QED) is 0.896. The highest BCUT2D eigenvalue weighted by molar-refractivity contribution is 5.93. The van der Waals surface area contributed by atoms with Crippen LogP contribution in [0.1, 0.15) is 23.1 Å². The Morgan fingerprint density at radius 3 is 2.43 bits per heavy atom. The number of hydrogen-bond acceptors (Lipinski definition) is 3.